The second kappa shape index (κ2) is 6.02. The first-order valence-electron chi connectivity index (χ1n) is 5.91. The second-order valence-electron chi connectivity index (χ2n) is 4.41. The van der Waals surface area contributed by atoms with Crippen LogP contribution in [-0.2, 0) is 9.53 Å². The van der Waals surface area contributed by atoms with Crippen molar-refractivity contribution in [3.63, 3.8) is 0 Å². The highest BCUT2D eigenvalue weighted by atomic mass is 35.5. The predicted octanol–water partition coefficient (Wildman–Crippen LogP) is 1.61. The summed E-state index contributed by atoms with van der Waals surface area (Å²) in [6.07, 6.45) is 0.0491. The van der Waals surface area contributed by atoms with Crippen LogP contribution in [0.1, 0.15) is 17.7 Å². The number of amides is 1. The minimum Gasteiger partial charge on any atom is -0.378 e. The third-order valence-corrected chi connectivity index (χ3v) is 4.62. The van der Waals surface area contributed by atoms with Crippen molar-refractivity contribution in [2.24, 2.45) is 0 Å². The van der Waals surface area contributed by atoms with Crippen LogP contribution >= 0.6 is 22.9 Å². The van der Waals surface area contributed by atoms with E-state index in [-0.39, 0.29) is 24.0 Å². The summed E-state index contributed by atoms with van der Waals surface area (Å²) in [4.78, 5) is 13.1. The fraction of sp³-hybridized carbons (Fsp3) is 0.583. The molecule has 100 valence electrons. The fourth-order valence-electron chi connectivity index (χ4n) is 2.04. The zero-order valence-electron chi connectivity index (χ0n) is 10.4. The van der Waals surface area contributed by atoms with Gasteiger partial charge in [0.25, 0.3) is 0 Å². The van der Waals surface area contributed by atoms with Crippen LogP contribution in [0.15, 0.2) is 12.1 Å². The van der Waals surface area contributed by atoms with Crippen molar-refractivity contribution in [3.8, 4) is 0 Å². The molecule has 1 saturated heterocycles. The summed E-state index contributed by atoms with van der Waals surface area (Å²) in [5.41, 5.74) is 0. The van der Waals surface area contributed by atoms with Crippen LogP contribution in [0.2, 0.25) is 4.34 Å². The lowest BCUT2D eigenvalue weighted by molar-refractivity contribution is -0.123. The van der Waals surface area contributed by atoms with E-state index in [1.165, 1.54) is 11.3 Å². The van der Waals surface area contributed by atoms with Crippen molar-refractivity contribution >= 4 is 28.8 Å². The molecule has 3 atom stereocenters. The molecule has 1 aromatic heterocycles. The number of carbonyl (C=O) groups excluding carboxylic acids is 1. The minimum absolute atomic E-state index is 0.0178. The van der Waals surface area contributed by atoms with E-state index in [1.807, 2.05) is 19.1 Å². The van der Waals surface area contributed by atoms with Gasteiger partial charge < -0.3 is 15.4 Å². The molecule has 6 heteroatoms. The summed E-state index contributed by atoms with van der Waals surface area (Å²) in [6, 6.07) is 3.76. The lowest BCUT2D eigenvalue weighted by Crippen LogP contribution is -2.44. The molecule has 2 N–H and O–H groups in total. The molecule has 0 saturated carbocycles. The van der Waals surface area contributed by atoms with E-state index in [2.05, 4.69) is 10.6 Å². The van der Waals surface area contributed by atoms with Crippen molar-refractivity contribution in [3.05, 3.63) is 21.3 Å². The van der Waals surface area contributed by atoms with Gasteiger partial charge in [0.15, 0.2) is 0 Å². The van der Waals surface area contributed by atoms with Gasteiger partial charge in [0.1, 0.15) is 0 Å². The first-order chi connectivity index (χ1) is 8.61. The van der Waals surface area contributed by atoms with Gasteiger partial charge in [0.05, 0.1) is 22.4 Å². The maximum atomic E-state index is 12.1. The second-order valence-corrected chi connectivity index (χ2v) is 6.16. The van der Waals surface area contributed by atoms with E-state index >= 15 is 0 Å². The highest BCUT2D eigenvalue weighted by Crippen LogP contribution is 2.28. The quantitative estimate of drug-likeness (QED) is 0.885. The van der Waals surface area contributed by atoms with Gasteiger partial charge >= 0.3 is 0 Å². The lowest BCUT2D eigenvalue weighted by atomic mass is 10.1. The Morgan fingerprint density at radius 3 is 3.00 bits per heavy atom. The largest absolute Gasteiger partial charge is 0.378 e. The summed E-state index contributed by atoms with van der Waals surface area (Å²) < 4.78 is 6.03. The molecule has 1 fully saturated rings. The highest BCUT2D eigenvalue weighted by Gasteiger charge is 2.29. The SMILES string of the molecule is CO[C@H]1CNC[C@H]1NC(=O)[C@H](C)c1ccc(Cl)s1. The number of ether oxygens (including phenoxy) is 1. The summed E-state index contributed by atoms with van der Waals surface area (Å²) in [6.45, 7) is 3.42. The molecule has 4 nitrogen and oxygen atoms in total. The molecule has 1 amide bonds. The van der Waals surface area contributed by atoms with Crippen LogP contribution < -0.4 is 10.6 Å². The van der Waals surface area contributed by atoms with E-state index in [9.17, 15) is 4.79 Å². The zero-order chi connectivity index (χ0) is 13.1. The van der Waals surface area contributed by atoms with Gasteiger partial charge in [-0.3, -0.25) is 4.79 Å². The first kappa shape index (κ1) is 13.8. The van der Waals surface area contributed by atoms with Crippen molar-refractivity contribution in [1.29, 1.82) is 0 Å². The Kier molecular flexibility index (Phi) is 4.61. The maximum absolute atomic E-state index is 12.1. The van der Waals surface area contributed by atoms with Gasteiger partial charge in [0.2, 0.25) is 5.91 Å². The molecule has 0 aromatic carbocycles. The number of hydrogen-bond donors (Lipinski definition) is 2. The van der Waals surface area contributed by atoms with Crippen LogP contribution in [0, 0.1) is 0 Å². The summed E-state index contributed by atoms with van der Waals surface area (Å²) in [5.74, 6) is -0.162. The molecular weight excluding hydrogens is 272 g/mol. The predicted molar refractivity (Wildman–Crippen MR) is 73.3 cm³/mol. The Hall–Kier alpha value is -0.620. The van der Waals surface area contributed by atoms with Crippen LogP contribution in [0.4, 0.5) is 0 Å². The number of thiophene rings is 1. The molecular formula is C12H17ClN2O2S. The average Bonchev–Trinajstić information content (AvgIpc) is 2.96. The molecule has 1 aliphatic rings. The van der Waals surface area contributed by atoms with E-state index in [0.29, 0.717) is 4.34 Å². The number of methoxy groups -OCH3 is 1. The number of rotatable bonds is 4. The Morgan fingerprint density at radius 1 is 1.61 bits per heavy atom. The first-order valence-corrected chi connectivity index (χ1v) is 7.10. The van der Waals surface area contributed by atoms with Crippen molar-refractivity contribution < 1.29 is 9.53 Å². The number of carbonyl (C=O) groups is 1. The molecule has 1 aliphatic heterocycles. The molecule has 0 radical (unpaired) electrons. The van der Waals surface area contributed by atoms with Gasteiger partial charge in [-0.15, -0.1) is 11.3 Å². The molecule has 2 rings (SSSR count). The van der Waals surface area contributed by atoms with Crippen LogP contribution in [-0.4, -0.2) is 38.3 Å². The normalized spacial score (nSPS) is 25.1. The Morgan fingerprint density at radius 2 is 2.39 bits per heavy atom. The van der Waals surface area contributed by atoms with E-state index in [1.54, 1.807) is 7.11 Å². The fourth-order valence-corrected chi connectivity index (χ4v) is 3.16. The molecule has 2 heterocycles. The Balaban J connectivity index is 1.95. The van der Waals surface area contributed by atoms with Crippen molar-refractivity contribution in [2.75, 3.05) is 20.2 Å². The van der Waals surface area contributed by atoms with Gasteiger partial charge in [-0.25, -0.2) is 0 Å². The zero-order valence-corrected chi connectivity index (χ0v) is 12.0. The van der Waals surface area contributed by atoms with Crippen LogP contribution in [0.5, 0.6) is 0 Å². The molecule has 1 aromatic rings. The average molecular weight is 289 g/mol. The van der Waals surface area contributed by atoms with E-state index in [0.717, 1.165) is 18.0 Å². The summed E-state index contributed by atoms with van der Waals surface area (Å²) in [7, 11) is 1.67. The third kappa shape index (κ3) is 3.03. The summed E-state index contributed by atoms with van der Waals surface area (Å²) in [5, 5.41) is 6.23. The standard InChI is InChI=1S/C12H17ClN2O2S/c1-7(10-3-4-11(13)18-10)12(16)15-8-5-14-6-9(8)17-2/h3-4,7-9,14H,5-6H2,1-2H3,(H,15,16)/t7-,8-,9+/m1/s1. The highest BCUT2D eigenvalue weighted by molar-refractivity contribution is 7.16. The number of nitrogens with one attached hydrogen (secondary N) is 2. The Labute approximate surface area is 116 Å². The van der Waals surface area contributed by atoms with Crippen LogP contribution in [0.3, 0.4) is 0 Å². The smallest absolute Gasteiger partial charge is 0.228 e. The van der Waals surface area contributed by atoms with Crippen LogP contribution in [0.25, 0.3) is 0 Å². The van der Waals surface area contributed by atoms with E-state index in [4.69, 9.17) is 16.3 Å². The van der Waals surface area contributed by atoms with Crippen molar-refractivity contribution in [1.82, 2.24) is 10.6 Å². The molecule has 0 unspecified atom stereocenters. The number of halogens is 1. The van der Waals surface area contributed by atoms with Gasteiger partial charge in [-0.1, -0.05) is 11.6 Å². The topological polar surface area (TPSA) is 50.4 Å². The molecule has 0 aliphatic carbocycles. The monoisotopic (exact) mass is 288 g/mol. The van der Waals surface area contributed by atoms with Gasteiger partial charge in [-0.2, -0.15) is 0 Å². The number of hydrogen-bond acceptors (Lipinski definition) is 4. The van der Waals surface area contributed by atoms with Gasteiger partial charge in [0, 0.05) is 25.1 Å². The van der Waals surface area contributed by atoms with Crippen molar-refractivity contribution in [2.45, 2.75) is 25.0 Å². The van der Waals surface area contributed by atoms with Gasteiger partial charge in [-0.05, 0) is 19.1 Å². The molecule has 18 heavy (non-hydrogen) atoms. The molecule has 0 spiro atoms. The summed E-state index contributed by atoms with van der Waals surface area (Å²) >= 11 is 7.33. The third-order valence-electron chi connectivity index (χ3n) is 3.20. The maximum Gasteiger partial charge on any atom is 0.228 e. The van der Waals surface area contributed by atoms with E-state index < -0.39 is 0 Å². The lowest BCUT2D eigenvalue weighted by Gasteiger charge is -2.20. The molecule has 0 bridgehead atoms. The minimum atomic E-state index is -0.180. The Bertz CT molecular complexity index is 424.